The molecule has 2 aliphatic heterocycles. The highest BCUT2D eigenvalue weighted by atomic mass is 32.2. The number of rotatable bonds is 3. The summed E-state index contributed by atoms with van der Waals surface area (Å²) in [5.74, 6) is -0.288. The van der Waals surface area contributed by atoms with E-state index in [1.807, 2.05) is 0 Å². The Bertz CT molecular complexity index is 767. The number of methoxy groups -OCH3 is 1. The molecule has 1 aromatic carbocycles. The quantitative estimate of drug-likeness (QED) is 0.745. The van der Waals surface area contributed by atoms with Crippen LogP contribution < -0.4 is 4.31 Å². The topological polar surface area (TPSA) is 84.0 Å². The number of esters is 1. The highest BCUT2D eigenvalue weighted by Crippen LogP contribution is 2.25. The molecule has 0 unspecified atom stereocenters. The van der Waals surface area contributed by atoms with Crippen molar-refractivity contribution in [1.29, 1.82) is 0 Å². The van der Waals surface area contributed by atoms with Crippen molar-refractivity contribution in [2.24, 2.45) is 5.92 Å². The molecular formula is C18H24N2O5S. The van der Waals surface area contributed by atoms with Crippen LogP contribution in [0.25, 0.3) is 0 Å². The first-order chi connectivity index (χ1) is 12.4. The van der Waals surface area contributed by atoms with E-state index in [4.69, 9.17) is 4.74 Å². The zero-order chi connectivity index (χ0) is 18.7. The molecule has 0 bridgehead atoms. The lowest BCUT2D eigenvalue weighted by Gasteiger charge is -2.31. The molecule has 2 fully saturated rings. The molecule has 0 N–H and O–H groups in total. The molecule has 2 saturated heterocycles. The van der Waals surface area contributed by atoms with Crippen molar-refractivity contribution in [3.05, 3.63) is 29.8 Å². The van der Waals surface area contributed by atoms with Crippen LogP contribution in [-0.4, -0.2) is 57.7 Å². The summed E-state index contributed by atoms with van der Waals surface area (Å²) in [4.78, 5) is 25.9. The van der Waals surface area contributed by atoms with Gasteiger partial charge in [0.15, 0.2) is 0 Å². The third-order valence-electron chi connectivity index (χ3n) is 5.07. The smallest absolute Gasteiger partial charge is 0.308 e. The second-order valence-electron chi connectivity index (χ2n) is 6.73. The van der Waals surface area contributed by atoms with Gasteiger partial charge in [-0.05, 0) is 49.9 Å². The molecule has 3 rings (SSSR count). The molecule has 1 aromatic rings. The molecule has 2 heterocycles. The third kappa shape index (κ3) is 3.85. The van der Waals surface area contributed by atoms with Crippen LogP contribution in [0.1, 0.15) is 36.0 Å². The monoisotopic (exact) mass is 380 g/mol. The van der Waals surface area contributed by atoms with E-state index >= 15 is 0 Å². The first-order valence-electron chi connectivity index (χ1n) is 8.90. The molecule has 0 aromatic heterocycles. The van der Waals surface area contributed by atoms with Gasteiger partial charge in [-0.3, -0.25) is 13.9 Å². The fourth-order valence-electron chi connectivity index (χ4n) is 3.52. The van der Waals surface area contributed by atoms with Gasteiger partial charge in [0.05, 0.1) is 24.5 Å². The highest BCUT2D eigenvalue weighted by molar-refractivity contribution is 7.92. The minimum Gasteiger partial charge on any atom is -0.469 e. The Labute approximate surface area is 154 Å². The Hall–Kier alpha value is -2.09. The number of carbonyl (C=O) groups excluding carboxylic acids is 2. The van der Waals surface area contributed by atoms with Crippen LogP contribution in [-0.2, 0) is 19.6 Å². The number of hydrogen-bond acceptors (Lipinski definition) is 5. The maximum Gasteiger partial charge on any atom is 0.308 e. The number of piperidine rings is 1. The molecule has 0 spiro atoms. The summed E-state index contributed by atoms with van der Waals surface area (Å²) < 4.78 is 30.5. The van der Waals surface area contributed by atoms with Crippen molar-refractivity contribution < 1.29 is 22.7 Å². The Morgan fingerprint density at radius 1 is 1.04 bits per heavy atom. The average Bonchev–Trinajstić information content (AvgIpc) is 2.67. The van der Waals surface area contributed by atoms with E-state index in [0.717, 1.165) is 6.42 Å². The minimum atomic E-state index is -3.25. The van der Waals surface area contributed by atoms with Gasteiger partial charge < -0.3 is 9.64 Å². The van der Waals surface area contributed by atoms with Gasteiger partial charge in [-0.15, -0.1) is 0 Å². The number of likely N-dealkylation sites (tertiary alicyclic amines) is 1. The maximum absolute atomic E-state index is 12.6. The Morgan fingerprint density at radius 2 is 1.69 bits per heavy atom. The predicted octanol–water partition coefficient (Wildman–Crippen LogP) is 1.64. The second-order valence-corrected chi connectivity index (χ2v) is 8.74. The summed E-state index contributed by atoms with van der Waals surface area (Å²) in [6.45, 7) is 1.51. The van der Waals surface area contributed by atoms with Crippen LogP contribution >= 0.6 is 0 Å². The minimum absolute atomic E-state index is 0.0960. The zero-order valence-electron chi connectivity index (χ0n) is 14.9. The molecule has 0 radical (unpaired) electrons. The van der Waals surface area contributed by atoms with Crippen molar-refractivity contribution >= 4 is 27.6 Å². The third-order valence-corrected chi connectivity index (χ3v) is 6.94. The molecule has 1 amide bonds. The van der Waals surface area contributed by atoms with Crippen LogP contribution in [0.3, 0.4) is 0 Å². The Balaban J connectivity index is 1.65. The first-order valence-corrected chi connectivity index (χ1v) is 10.5. The number of carbonyl (C=O) groups is 2. The molecule has 8 heteroatoms. The SMILES string of the molecule is COC(=O)C1CCN(C(=O)c2ccc(N3CCCCS3(=O)=O)cc2)CC1. The molecular weight excluding hydrogens is 356 g/mol. The van der Waals surface area contributed by atoms with E-state index in [9.17, 15) is 18.0 Å². The first kappa shape index (κ1) is 18.7. The average molecular weight is 380 g/mol. The number of benzene rings is 1. The second kappa shape index (κ2) is 7.65. The van der Waals surface area contributed by atoms with Gasteiger partial charge in [-0.1, -0.05) is 0 Å². The highest BCUT2D eigenvalue weighted by Gasteiger charge is 2.29. The van der Waals surface area contributed by atoms with E-state index < -0.39 is 10.0 Å². The fourth-order valence-corrected chi connectivity index (χ4v) is 5.16. The molecule has 0 atom stereocenters. The van der Waals surface area contributed by atoms with Crippen LogP contribution in [0, 0.1) is 5.92 Å². The molecule has 0 aliphatic carbocycles. The fraction of sp³-hybridized carbons (Fsp3) is 0.556. The zero-order valence-corrected chi connectivity index (χ0v) is 15.7. The van der Waals surface area contributed by atoms with Crippen LogP contribution in [0.4, 0.5) is 5.69 Å². The van der Waals surface area contributed by atoms with Crippen molar-refractivity contribution in [1.82, 2.24) is 4.90 Å². The van der Waals surface area contributed by atoms with Crippen molar-refractivity contribution in [2.45, 2.75) is 25.7 Å². The van der Waals surface area contributed by atoms with Gasteiger partial charge in [-0.25, -0.2) is 8.42 Å². The number of ether oxygens (including phenoxy) is 1. The van der Waals surface area contributed by atoms with Crippen molar-refractivity contribution in [3.8, 4) is 0 Å². The van der Waals surface area contributed by atoms with Crippen LogP contribution in [0.5, 0.6) is 0 Å². The van der Waals surface area contributed by atoms with Gasteiger partial charge >= 0.3 is 5.97 Å². The number of nitrogens with zero attached hydrogens (tertiary/aromatic N) is 2. The predicted molar refractivity (Wildman–Crippen MR) is 97.5 cm³/mol. The van der Waals surface area contributed by atoms with Gasteiger partial charge in [0.2, 0.25) is 10.0 Å². The lowest BCUT2D eigenvalue weighted by atomic mass is 9.96. The summed E-state index contributed by atoms with van der Waals surface area (Å²) in [6, 6.07) is 6.73. The van der Waals surface area contributed by atoms with E-state index in [1.165, 1.54) is 11.4 Å². The number of anilines is 1. The van der Waals surface area contributed by atoms with Gasteiger partial charge in [0, 0.05) is 25.2 Å². The summed E-state index contributed by atoms with van der Waals surface area (Å²) in [5.41, 5.74) is 1.13. The lowest BCUT2D eigenvalue weighted by molar-refractivity contribution is -0.146. The normalized spacial score (nSPS) is 20.7. The molecule has 142 valence electrons. The molecule has 26 heavy (non-hydrogen) atoms. The van der Waals surface area contributed by atoms with E-state index in [1.54, 1.807) is 29.2 Å². The Morgan fingerprint density at radius 3 is 2.27 bits per heavy atom. The molecule has 2 aliphatic rings. The van der Waals surface area contributed by atoms with Crippen LogP contribution in [0.15, 0.2) is 24.3 Å². The summed E-state index contributed by atoms with van der Waals surface area (Å²) in [5, 5.41) is 0. The van der Waals surface area contributed by atoms with E-state index in [2.05, 4.69) is 0 Å². The standard InChI is InChI=1S/C18H24N2O5S/c1-25-18(22)15-8-11-19(12-9-15)17(21)14-4-6-16(7-5-14)20-10-2-3-13-26(20,23)24/h4-7,15H,2-3,8-13H2,1H3. The number of hydrogen-bond donors (Lipinski definition) is 0. The molecule has 0 saturated carbocycles. The summed E-state index contributed by atoms with van der Waals surface area (Å²) >= 11 is 0. The van der Waals surface area contributed by atoms with Crippen LogP contribution in [0.2, 0.25) is 0 Å². The van der Waals surface area contributed by atoms with Gasteiger partial charge in [-0.2, -0.15) is 0 Å². The maximum atomic E-state index is 12.6. The van der Waals surface area contributed by atoms with Crippen molar-refractivity contribution in [2.75, 3.05) is 36.8 Å². The summed E-state index contributed by atoms with van der Waals surface area (Å²) in [6.07, 6.45) is 2.73. The largest absolute Gasteiger partial charge is 0.469 e. The lowest BCUT2D eigenvalue weighted by Crippen LogP contribution is -2.40. The van der Waals surface area contributed by atoms with Gasteiger partial charge in [0.1, 0.15) is 0 Å². The Kier molecular flexibility index (Phi) is 5.50. The van der Waals surface area contributed by atoms with Crippen molar-refractivity contribution in [3.63, 3.8) is 0 Å². The number of amides is 1. The van der Waals surface area contributed by atoms with E-state index in [0.29, 0.717) is 50.1 Å². The number of sulfonamides is 1. The van der Waals surface area contributed by atoms with E-state index in [-0.39, 0.29) is 23.5 Å². The van der Waals surface area contributed by atoms with Gasteiger partial charge in [0.25, 0.3) is 5.91 Å². The summed E-state index contributed by atoms with van der Waals surface area (Å²) in [7, 11) is -1.87. The molecule has 7 nitrogen and oxygen atoms in total.